The molecule has 29 nitrogen and oxygen atoms in total. The molecule has 566 valence electrons. The molecule has 0 saturated carbocycles. The first kappa shape index (κ1) is 80.9. The van der Waals surface area contributed by atoms with Gasteiger partial charge in [-0.25, -0.2) is 24.2 Å². The number of likely N-dealkylation sites (N-methyl/N-ethyl adjacent to an activating group) is 1. The number of nitrogens with zero attached hydrogens (tertiary/aromatic N) is 6. The van der Waals surface area contributed by atoms with Gasteiger partial charge in [-0.2, -0.15) is 0 Å². The summed E-state index contributed by atoms with van der Waals surface area (Å²) in [5.41, 5.74) is 9.49. The third-order valence-electron chi connectivity index (χ3n) is 18.0. The second-order valence-electron chi connectivity index (χ2n) is 26.3. The van der Waals surface area contributed by atoms with Gasteiger partial charge in [-0.3, -0.25) is 33.7 Å². The predicted octanol–water partition coefficient (Wildman–Crippen LogP) is 9.06. The lowest BCUT2D eigenvalue weighted by molar-refractivity contribution is -0.139. The Morgan fingerprint density at radius 3 is 2.27 bits per heavy atom. The van der Waals surface area contributed by atoms with Crippen LogP contribution in [0, 0.1) is 12.8 Å². The molecule has 2 unspecified atom stereocenters. The van der Waals surface area contributed by atoms with Crippen molar-refractivity contribution in [2.45, 2.75) is 128 Å². The first-order valence-electron chi connectivity index (χ1n) is 35.2. The number of hydrogen-bond acceptors (Lipinski definition) is 19. The van der Waals surface area contributed by atoms with Gasteiger partial charge in [-0.05, 0) is 109 Å². The number of aliphatic hydroxyl groups is 1. The number of hydrogen-bond donors (Lipinski definition) is 8. The van der Waals surface area contributed by atoms with Gasteiger partial charge in [-0.1, -0.05) is 84.2 Å². The number of benzene rings is 4. The van der Waals surface area contributed by atoms with E-state index in [-0.39, 0.29) is 150 Å². The van der Waals surface area contributed by atoms with Crippen molar-refractivity contribution >= 4 is 117 Å². The summed E-state index contributed by atoms with van der Waals surface area (Å²) in [5.74, 6) is -3.13. The van der Waals surface area contributed by atoms with E-state index >= 15 is 0 Å². The minimum atomic E-state index is -1.17. The number of alkyl carbamates (subject to hydrolysis) is 1. The Hall–Kier alpha value is -9.75. The molecule has 2 aliphatic rings. The molecule has 1 fully saturated rings. The summed E-state index contributed by atoms with van der Waals surface area (Å²) in [5, 5.41) is 33.4. The second kappa shape index (κ2) is 38.8. The number of nitrogens with one attached hydrogen (secondary N) is 5. The molecule has 9 N–H and O–H groups in total. The molecular formula is C74H95ClN12O17S. The number of amides is 11. The maximum absolute atomic E-state index is 14.6. The molecule has 5 atom stereocenters. The van der Waals surface area contributed by atoms with E-state index in [0.717, 1.165) is 48.6 Å². The molecule has 2 aromatic heterocycles. The number of imide groups is 1. The number of fused-ring (bicyclic) bond motifs is 4. The number of ether oxygens (including phenoxy) is 5. The van der Waals surface area contributed by atoms with Gasteiger partial charge in [0.1, 0.15) is 48.1 Å². The Bertz CT molecular complexity index is 4050. The van der Waals surface area contributed by atoms with Crippen LogP contribution in [-0.4, -0.2) is 208 Å². The summed E-state index contributed by atoms with van der Waals surface area (Å²) in [6.07, 6.45) is 6.08. The molecule has 0 radical (unpaired) electrons. The number of phenolic OH excluding ortho intramolecular Hbond substituents is 1. The molecule has 0 aliphatic carbocycles. The average Bonchev–Trinajstić information content (AvgIpc) is 1.62. The Kier molecular flexibility index (Phi) is 29.9. The van der Waals surface area contributed by atoms with Crippen LogP contribution < -0.4 is 42.0 Å². The van der Waals surface area contributed by atoms with Crippen molar-refractivity contribution in [1.82, 2.24) is 40.0 Å². The van der Waals surface area contributed by atoms with Gasteiger partial charge >= 0.3 is 24.3 Å². The van der Waals surface area contributed by atoms with Crippen molar-refractivity contribution < 1.29 is 81.8 Å². The van der Waals surface area contributed by atoms with E-state index in [1.54, 1.807) is 89.8 Å². The van der Waals surface area contributed by atoms with Crippen LogP contribution in [0.5, 0.6) is 11.5 Å². The number of phenols is 1. The normalized spacial score (nSPS) is 15.2. The van der Waals surface area contributed by atoms with Crippen molar-refractivity contribution in [1.29, 1.82) is 0 Å². The molecule has 1 saturated heterocycles. The zero-order valence-electron chi connectivity index (χ0n) is 60.2. The number of pyridine rings is 1. The zero-order valence-corrected chi connectivity index (χ0v) is 61.8. The van der Waals surface area contributed by atoms with Crippen LogP contribution in [0.25, 0.3) is 16.4 Å². The number of alkyl halides is 1. The number of likely N-dealkylation sites (tertiary alicyclic amines) is 1. The van der Waals surface area contributed by atoms with E-state index in [9.17, 15) is 58.2 Å². The monoisotopic (exact) mass is 1490 g/mol. The number of primary amides is 1. The van der Waals surface area contributed by atoms with Gasteiger partial charge < -0.3 is 85.3 Å². The van der Waals surface area contributed by atoms with Gasteiger partial charge in [0.2, 0.25) is 23.6 Å². The number of aliphatic hydroxyl groups excluding tert-OH is 1. The highest BCUT2D eigenvalue weighted by molar-refractivity contribution is 8.02. The van der Waals surface area contributed by atoms with E-state index in [2.05, 4.69) is 52.3 Å². The number of aryl methyl sites for hydroxylation is 1. The molecule has 31 heteroatoms. The molecule has 0 bridgehead atoms. The van der Waals surface area contributed by atoms with Crippen LogP contribution >= 0.6 is 23.4 Å². The van der Waals surface area contributed by atoms with Crippen molar-refractivity contribution in [3.05, 3.63) is 125 Å². The number of aromatic hydroxyl groups is 1. The Morgan fingerprint density at radius 1 is 0.819 bits per heavy atom. The number of carbonyl (C=O) groups excluding carboxylic acids is 10. The van der Waals surface area contributed by atoms with Crippen molar-refractivity contribution in [2.24, 2.45) is 11.7 Å². The van der Waals surface area contributed by atoms with Crippen LogP contribution in [-0.2, 0) is 44.7 Å². The largest absolute Gasteiger partial charge is 0.508 e. The number of halogens is 1. The van der Waals surface area contributed by atoms with E-state index in [1.165, 1.54) is 46.0 Å². The lowest BCUT2D eigenvalue weighted by Crippen LogP contribution is -2.54. The maximum atomic E-state index is 14.6. The Morgan fingerprint density at radius 2 is 1.56 bits per heavy atom. The number of anilines is 3. The third kappa shape index (κ3) is 22.4. The first-order valence-corrected chi connectivity index (χ1v) is 36.6. The first-order chi connectivity index (χ1) is 50.3. The fourth-order valence-corrected chi connectivity index (χ4v) is 14.4. The van der Waals surface area contributed by atoms with Crippen LogP contribution in [0.15, 0.2) is 97.3 Å². The van der Waals surface area contributed by atoms with E-state index in [4.69, 9.17) is 41.0 Å². The van der Waals surface area contributed by atoms with Crippen LogP contribution in [0.2, 0.25) is 0 Å². The number of rotatable bonds is 38. The van der Waals surface area contributed by atoms with Gasteiger partial charge in [0.05, 0.1) is 56.2 Å². The third-order valence-corrected chi connectivity index (χ3v) is 20.0. The minimum Gasteiger partial charge on any atom is -0.508 e. The highest BCUT2D eigenvalue weighted by Gasteiger charge is 2.43. The quantitative estimate of drug-likeness (QED) is 0.0102. The summed E-state index contributed by atoms with van der Waals surface area (Å²) in [6, 6.07) is 19.6. The number of thioether (sulfide) groups is 1. The number of unbranched alkanes of at least 4 members (excludes halogenated alkanes) is 1. The maximum Gasteiger partial charge on any atom is 0.415 e. The molecule has 105 heavy (non-hydrogen) atoms. The predicted molar refractivity (Wildman–Crippen MR) is 397 cm³/mol. The van der Waals surface area contributed by atoms with Crippen molar-refractivity contribution in [3.8, 4) is 11.5 Å². The molecule has 6 aromatic rings. The van der Waals surface area contributed by atoms with Crippen molar-refractivity contribution in [2.75, 3.05) is 107 Å². The molecule has 8 rings (SSSR count). The summed E-state index contributed by atoms with van der Waals surface area (Å²) in [7, 11) is 1.49. The van der Waals surface area contributed by atoms with Gasteiger partial charge in [-0.15, -0.1) is 23.4 Å². The molecule has 4 heterocycles. The molecule has 11 amide bonds. The fourth-order valence-electron chi connectivity index (χ4n) is 12.4. The second-order valence-corrected chi connectivity index (χ2v) is 28.4. The van der Waals surface area contributed by atoms with Gasteiger partial charge in [0, 0.05) is 97.8 Å². The molecular weight excluding hydrogens is 1400 g/mol. The van der Waals surface area contributed by atoms with Crippen LogP contribution in [0.1, 0.15) is 129 Å². The SMILES string of the molecule is CCCCC(C)(CCC)SC1CC(=O)N(CCOCCOC(=O)N[C@H](C(=O)N[C@@H](CCCNC(N)=O)C(=O)Nc2ccc(COC(=O)N(C)CCN(CCOCCO)C(=O)Oc3cc4c(c5c(C)cccc35)[C@H](CCl)CN4C(=O)c3cn4cc(NC(=O)c5ccc(O)cc5)ccc4n3)cc2)C(C)C)C1=O. The van der Waals surface area contributed by atoms with Crippen molar-refractivity contribution in [3.63, 3.8) is 0 Å². The van der Waals surface area contributed by atoms with E-state index in [1.807, 2.05) is 25.1 Å². The summed E-state index contributed by atoms with van der Waals surface area (Å²) >= 11 is 8.25. The zero-order chi connectivity index (χ0) is 75.9. The number of aromatic nitrogens is 2. The average molecular weight is 1490 g/mol. The molecule has 4 aromatic carbocycles. The Labute approximate surface area is 618 Å². The number of urea groups is 1. The number of carbonyl (C=O) groups is 10. The van der Waals surface area contributed by atoms with E-state index in [0.29, 0.717) is 39.2 Å². The highest BCUT2D eigenvalue weighted by atomic mass is 35.5. The molecule has 2 aliphatic heterocycles. The molecule has 0 spiro atoms. The van der Waals surface area contributed by atoms with E-state index < -0.39 is 71.2 Å². The highest BCUT2D eigenvalue weighted by Crippen LogP contribution is 2.47. The summed E-state index contributed by atoms with van der Waals surface area (Å²) in [6.45, 7) is 11.3. The van der Waals surface area contributed by atoms with Crippen LogP contribution in [0.3, 0.4) is 0 Å². The lowest BCUT2D eigenvalue weighted by Gasteiger charge is -2.31. The van der Waals surface area contributed by atoms with Crippen LogP contribution in [0.4, 0.5) is 36.2 Å². The number of imidazole rings is 1. The fraction of sp³-hybridized carbons (Fsp3) is 0.473. The standard InChI is InChI=1S/C74H95ClN12O17S/c1-8-10-27-74(6,26-9-2)105-59-40-61(90)86(69(59)95)32-35-101-37-38-102-71(97)82-64(46(3)4)67(93)81-55(15-12-28-77-70(76)96)66(92)78-51-20-16-48(17-21-51)45-103-72(98)83(7)29-30-84(31-34-100-36-33-88)73(99)104-58-39-57-63(62-47(5)13-11-14-54(58)62)50(41-75)42-87(57)68(94)56-44-85-43-52(22-25-60(85)80-56)79-65(91)49-18-23-53(89)24-19-49/h11,13-14,16-25,39,43-44,46,50,55,59,64,88-89H,8-10,12,15,26-38,40-42,45H2,1-7H3,(H,78,92)(H,79,91)(H,81,93)(H,82,97)(H3,76,77,96)/t50-,55+,59?,64+,74?/m1/s1. The minimum absolute atomic E-state index is 0.0000687. The smallest absolute Gasteiger partial charge is 0.415 e. The van der Waals surface area contributed by atoms with Gasteiger partial charge in [0.25, 0.3) is 11.8 Å². The lowest BCUT2D eigenvalue weighted by atomic mass is 9.92. The number of nitrogens with two attached hydrogens (primary N) is 1. The van der Waals surface area contributed by atoms with Gasteiger partial charge in [0.15, 0.2) is 0 Å². The topological polar surface area (TPSA) is 374 Å². The summed E-state index contributed by atoms with van der Waals surface area (Å²) in [4.78, 5) is 144. The Balaban J connectivity index is 0.837. The summed E-state index contributed by atoms with van der Waals surface area (Å²) < 4.78 is 29.9.